The fraction of sp³-hybridized carbons (Fsp3) is 0.243. The third-order valence-electron chi connectivity index (χ3n) is 8.84. The van der Waals surface area contributed by atoms with E-state index in [1.807, 2.05) is 12.1 Å². The number of nitrogens with one attached hydrogen (secondary N) is 2. The molecule has 2 N–H and O–H groups in total. The Morgan fingerprint density at radius 2 is 1.79 bits per heavy atom. The lowest BCUT2D eigenvalue weighted by atomic mass is 10.0. The Morgan fingerprint density at radius 3 is 2.53 bits per heavy atom. The molecule has 1 aliphatic heterocycles. The highest BCUT2D eigenvalue weighted by Gasteiger charge is 2.30. The van der Waals surface area contributed by atoms with Crippen LogP contribution in [0.2, 0.25) is 0 Å². The first kappa shape index (κ1) is 36.5. The molecule has 1 atom stereocenters. The van der Waals surface area contributed by atoms with Gasteiger partial charge >= 0.3 is 5.97 Å². The molecule has 0 bridgehead atoms. The molecule has 276 valence electrons. The predicted octanol–water partition coefficient (Wildman–Crippen LogP) is 6.84. The van der Waals surface area contributed by atoms with Crippen molar-refractivity contribution in [3.05, 3.63) is 111 Å². The fourth-order valence-electron chi connectivity index (χ4n) is 6.34. The van der Waals surface area contributed by atoms with Gasteiger partial charge in [0.2, 0.25) is 0 Å². The number of halogens is 2. The number of thiophene rings is 1. The van der Waals surface area contributed by atoms with E-state index in [0.717, 1.165) is 49.6 Å². The van der Waals surface area contributed by atoms with Gasteiger partial charge in [0, 0.05) is 52.3 Å². The number of rotatable bonds is 11. The van der Waals surface area contributed by atoms with Gasteiger partial charge in [-0.2, -0.15) is 0 Å². The number of aryl methyl sites for hydroxylation is 2. The lowest BCUT2D eigenvalue weighted by Crippen LogP contribution is -2.30. The number of nitrogens with zero attached hydrogens (tertiary/aromatic N) is 2. The van der Waals surface area contributed by atoms with Crippen molar-refractivity contribution >= 4 is 48.1 Å². The van der Waals surface area contributed by atoms with E-state index in [4.69, 9.17) is 14.5 Å². The van der Waals surface area contributed by atoms with E-state index in [-0.39, 0.29) is 51.4 Å². The Labute approximate surface area is 308 Å². The maximum Gasteiger partial charge on any atom is 0.306 e. The number of hydrogen-bond donors (Lipinski definition) is 2. The van der Waals surface area contributed by atoms with Gasteiger partial charge in [-0.25, -0.2) is 34.6 Å². The van der Waals surface area contributed by atoms with Gasteiger partial charge in [0.1, 0.15) is 22.3 Å². The highest BCUT2D eigenvalue weighted by atomic mass is 32.2. The first-order valence-electron chi connectivity index (χ1n) is 16.6. The van der Waals surface area contributed by atoms with E-state index in [2.05, 4.69) is 10.3 Å². The number of esters is 1. The molecule has 0 radical (unpaired) electrons. The molecule has 6 aromatic rings. The minimum absolute atomic E-state index is 0.00897. The summed E-state index contributed by atoms with van der Waals surface area (Å²) < 4.78 is 96.5. The van der Waals surface area contributed by atoms with Crippen LogP contribution >= 0.6 is 11.3 Å². The van der Waals surface area contributed by atoms with Crippen molar-refractivity contribution in [2.45, 2.75) is 48.9 Å². The summed E-state index contributed by atoms with van der Waals surface area (Å²) in [5.41, 5.74) is 2.13. The van der Waals surface area contributed by atoms with Crippen molar-refractivity contribution in [1.82, 2.24) is 19.3 Å². The summed E-state index contributed by atoms with van der Waals surface area (Å²) in [5, 5.41) is 3.38. The van der Waals surface area contributed by atoms with Gasteiger partial charge in [-0.3, -0.25) is 4.79 Å². The van der Waals surface area contributed by atoms with Crippen molar-refractivity contribution in [3.63, 3.8) is 0 Å². The zero-order chi connectivity index (χ0) is 37.7. The van der Waals surface area contributed by atoms with Crippen molar-refractivity contribution in [1.29, 1.82) is 0 Å². The maximum atomic E-state index is 16.0. The topological polar surface area (TPSA) is 149 Å². The Kier molecular flexibility index (Phi) is 9.74. The van der Waals surface area contributed by atoms with Gasteiger partial charge in [-0.15, -0.1) is 11.3 Å². The molecule has 0 saturated heterocycles. The number of aromatic nitrogens is 3. The normalized spacial score (nSPS) is 14.7. The Hall–Kier alpha value is -4.90. The minimum atomic E-state index is -4.22. The fourth-order valence-corrected chi connectivity index (χ4v) is 9.81. The summed E-state index contributed by atoms with van der Waals surface area (Å²) >= 11 is 1.54. The second kappa shape index (κ2) is 14.2. The molecule has 0 aliphatic carbocycles. The number of carbonyl (C=O) groups excluding carboxylic acids is 1. The Bertz CT molecular complexity index is 2600. The first-order chi connectivity index (χ1) is 25.2. The number of fused-ring (bicyclic) bond motifs is 2. The van der Waals surface area contributed by atoms with E-state index in [0.29, 0.717) is 31.7 Å². The van der Waals surface area contributed by atoms with Gasteiger partial charge in [0.25, 0.3) is 10.0 Å². The molecule has 1 unspecified atom stereocenters. The molecule has 0 spiro atoms. The molecule has 3 aromatic carbocycles. The zero-order valence-corrected chi connectivity index (χ0v) is 31.2. The molecular formula is C37H34F2N4O7S3. The molecule has 3 aromatic heterocycles. The third kappa shape index (κ3) is 7.11. The average molecular weight is 781 g/mol. The van der Waals surface area contributed by atoms with Crippen LogP contribution in [0.3, 0.4) is 0 Å². The maximum absolute atomic E-state index is 16.0. The van der Waals surface area contributed by atoms with Crippen molar-refractivity contribution in [2.24, 2.45) is 0 Å². The summed E-state index contributed by atoms with van der Waals surface area (Å²) in [4.78, 5) is 21.2. The molecule has 53 heavy (non-hydrogen) atoms. The van der Waals surface area contributed by atoms with Gasteiger partial charge in [0.05, 0.1) is 40.7 Å². The summed E-state index contributed by atoms with van der Waals surface area (Å²) in [5.74, 6) is -2.59. The molecule has 16 heteroatoms. The lowest BCUT2D eigenvalue weighted by Gasteiger charge is -2.21. The van der Waals surface area contributed by atoms with Gasteiger partial charge < -0.3 is 19.8 Å². The standard InChI is InChI=1S/C37H34F2N4O7S3/c1-4-49-32(44)14-9-23-8-13-31(51-23)34-33-29(15-17-40-34)41-37(42-33)26-19-22(7-12-27(26)38)50-35-28(39)20-30-25(36(35)52(3,45)46)16-18-43(30)53(47,48)24-10-5-21(2)6-11-24/h5-8,10-13,16,18-20,34,40H,4,9,14-15,17H2,1-3H3,(H,41,42). The molecule has 0 fully saturated rings. The van der Waals surface area contributed by atoms with Crippen LogP contribution in [-0.2, 0) is 42.2 Å². The molecular weight excluding hydrogens is 747 g/mol. The highest BCUT2D eigenvalue weighted by molar-refractivity contribution is 7.91. The second-order valence-corrected chi connectivity index (χ2v) is 17.6. The number of aromatic amines is 1. The summed E-state index contributed by atoms with van der Waals surface area (Å²) in [6.07, 6.45) is 3.44. The minimum Gasteiger partial charge on any atom is -0.466 e. The van der Waals surface area contributed by atoms with Crippen LogP contribution in [-0.4, -0.2) is 56.2 Å². The van der Waals surface area contributed by atoms with Crippen LogP contribution in [0.4, 0.5) is 8.78 Å². The van der Waals surface area contributed by atoms with Crippen LogP contribution in [0.15, 0.2) is 82.7 Å². The van der Waals surface area contributed by atoms with Crippen LogP contribution in [0.1, 0.15) is 46.1 Å². The van der Waals surface area contributed by atoms with Gasteiger partial charge in [-0.05, 0) is 68.8 Å². The highest BCUT2D eigenvalue weighted by Crippen LogP contribution is 2.41. The van der Waals surface area contributed by atoms with Crippen LogP contribution in [0, 0.1) is 18.6 Å². The number of carbonyl (C=O) groups is 1. The molecule has 4 heterocycles. The first-order valence-corrected chi connectivity index (χ1v) is 20.8. The quantitative estimate of drug-likeness (QED) is 0.135. The lowest BCUT2D eigenvalue weighted by molar-refractivity contribution is -0.143. The van der Waals surface area contributed by atoms with Crippen molar-refractivity contribution in [3.8, 4) is 22.9 Å². The SMILES string of the molecule is CCOC(=O)CCc1ccc(C2NCCc3[nH]c(-c4cc(Oc5c(F)cc6c(ccn6S(=O)(=O)c6ccc(C)cc6)c5S(C)(=O)=O)ccc4F)nc32)s1. The summed E-state index contributed by atoms with van der Waals surface area (Å²) in [7, 11) is -8.43. The van der Waals surface area contributed by atoms with E-state index < -0.39 is 42.1 Å². The smallest absolute Gasteiger partial charge is 0.306 e. The molecule has 1 aliphatic rings. The Morgan fingerprint density at radius 1 is 1.02 bits per heavy atom. The number of ether oxygens (including phenoxy) is 2. The number of hydrogen-bond acceptors (Lipinski definition) is 10. The number of H-pyrrole nitrogens is 1. The molecule has 7 rings (SSSR count). The monoisotopic (exact) mass is 780 g/mol. The van der Waals surface area contributed by atoms with Crippen LogP contribution in [0.5, 0.6) is 11.5 Å². The van der Waals surface area contributed by atoms with E-state index in [1.165, 1.54) is 30.3 Å². The third-order valence-corrected chi connectivity index (χ3v) is 12.9. The largest absolute Gasteiger partial charge is 0.466 e. The Balaban J connectivity index is 1.21. The predicted molar refractivity (Wildman–Crippen MR) is 196 cm³/mol. The van der Waals surface area contributed by atoms with Crippen molar-refractivity contribution < 1.29 is 39.9 Å². The van der Waals surface area contributed by atoms with E-state index >= 15 is 8.78 Å². The number of sulfone groups is 1. The van der Waals surface area contributed by atoms with Gasteiger partial charge in [-0.1, -0.05) is 17.7 Å². The summed E-state index contributed by atoms with van der Waals surface area (Å²) in [6, 6.07) is 15.5. The molecule has 11 nitrogen and oxygen atoms in total. The number of benzene rings is 3. The van der Waals surface area contributed by atoms with E-state index in [9.17, 15) is 21.6 Å². The van der Waals surface area contributed by atoms with Crippen LogP contribution in [0.25, 0.3) is 22.3 Å². The van der Waals surface area contributed by atoms with Crippen molar-refractivity contribution in [2.75, 3.05) is 19.4 Å². The van der Waals surface area contributed by atoms with Crippen LogP contribution < -0.4 is 10.1 Å². The second-order valence-electron chi connectivity index (χ2n) is 12.6. The van der Waals surface area contributed by atoms with E-state index in [1.54, 1.807) is 37.3 Å². The molecule has 0 saturated carbocycles. The number of imidazole rings is 1. The van der Waals surface area contributed by atoms with Gasteiger partial charge in [0.15, 0.2) is 21.4 Å². The average Bonchev–Trinajstić information content (AvgIpc) is 3.87. The summed E-state index contributed by atoms with van der Waals surface area (Å²) in [6.45, 7) is 4.52. The molecule has 0 amide bonds. The zero-order valence-electron chi connectivity index (χ0n) is 28.8.